The first kappa shape index (κ1) is 21.7. The van der Waals surface area contributed by atoms with Crippen molar-refractivity contribution in [1.82, 2.24) is 9.72 Å². The molecule has 0 unspecified atom stereocenters. The Bertz CT molecular complexity index is 1420. The number of nitrogens with zero attached hydrogens (tertiary/aromatic N) is 2. The highest BCUT2D eigenvalue weighted by Crippen LogP contribution is 2.34. The fraction of sp³-hybridized carbons (Fsp3) is 0.143. The second-order valence-corrected chi connectivity index (χ2v) is 8.83. The van der Waals surface area contributed by atoms with Crippen LogP contribution < -0.4 is 14.2 Å². The SMILES string of the molecule is COc1ccc(OC(=O)c2c(S(=O)(=O)Nc3onc(C)c3Cl)c3ccccc3n2C)cc1. The molecule has 11 heteroatoms. The number of hydrogen-bond donors (Lipinski definition) is 1. The fourth-order valence-corrected chi connectivity index (χ4v) is 4.85. The number of rotatable bonds is 6. The number of methoxy groups -OCH3 is 1. The van der Waals surface area contributed by atoms with Gasteiger partial charge < -0.3 is 18.6 Å². The van der Waals surface area contributed by atoms with E-state index in [0.29, 0.717) is 22.3 Å². The highest BCUT2D eigenvalue weighted by atomic mass is 35.5. The first-order chi connectivity index (χ1) is 15.2. The Kier molecular flexibility index (Phi) is 5.57. The molecule has 0 aliphatic rings. The number of carbonyl (C=O) groups excluding carboxylic acids is 1. The van der Waals surface area contributed by atoms with Crippen LogP contribution in [0.1, 0.15) is 16.2 Å². The van der Waals surface area contributed by atoms with E-state index >= 15 is 0 Å². The smallest absolute Gasteiger partial charge is 0.361 e. The van der Waals surface area contributed by atoms with E-state index in [2.05, 4.69) is 9.88 Å². The zero-order valence-corrected chi connectivity index (χ0v) is 18.8. The minimum absolute atomic E-state index is 0.0242. The van der Waals surface area contributed by atoms with Gasteiger partial charge in [0.15, 0.2) is 0 Å². The molecule has 32 heavy (non-hydrogen) atoms. The highest BCUT2D eigenvalue weighted by Gasteiger charge is 2.33. The monoisotopic (exact) mass is 475 g/mol. The van der Waals surface area contributed by atoms with Crippen LogP contribution in [0.2, 0.25) is 5.02 Å². The minimum Gasteiger partial charge on any atom is -0.497 e. The lowest BCUT2D eigenvalue weighted by molar-refractivity contribution is 0.0721. The molecule has 4 rings (SSSR count). The third kappa shape index (κ3) is 3.78. The van der Waals surface area contributed by atoms with Crippen molar-refractivity contribution in [3.05, 3.63) is 64.9 Å². The quantitative estimate of drug-likeness (QED) is 0.329. The number of carbonyl (C=O) groups is 1. The topological polar surface area (TPSA) is 113 Å². The van der Waals surface area contributed by atoms with E-state index in [1.807, 2.05) is 0 Å². The van der Waals surface area contributed by atoms with E-state index in [1.54, 1.807) is 62.5 Å². The van der Waals surface area contributed by atoms with Crippen molar-refractivity contribution in [2.75, 3.05) is 11.8 Å². The maximum absolute atomic E-state index is 13.4. The van der Waals surface area contributed by atoms with Gasteiger partial charge in [-0.15, -0.1) is 0 Å². The van der Waals surface area contributed by atoms with Crippen LogP contribution in [0.4, 0.5) is 5.88 Å². The predicted molar refractivity (Wildman–Crippen MR) is 118 cm³/mol. The van der Waals surface area contributed by atoms with Crippen molar-refractivity contribution in [3.63, 3.8) is 0 Å². The Morgan fingerprint density at radius 3 is 2.41 bits per heavy atom. The van der Waals surface area contributed by atoms with Gasteiger partial charge in [0.1, 0.15) is 32.8 Å². The van der Waals surface area contributed by atoms with Crippen molar-refractivity contribution in [2.45, 2.75) is 11.8 Å². The van der Waals surface area contributed by atoms with E-state index in [-0.39, 0.29) is 27.2 Å². The number of esters is 1. The molecule has 1 N–H and O–H groups in total. The van der Waals surface area contributed by atoms with Gasteiger partial charge >= 0.3 is 5.97 Å². The molecule has 2 aromatic heterocycles. The normalized spacial score (nSPS) is 11.5. The van der Waals surface area contributed by atoms with Gasteiger partial charge in [-0.3, -0.25) is 0 Å². The highest BCUT2D eigenvalue weighted by molar-refractivity contribution is 7.93. The summed E-state index contributed by atoms with van der Waals surface area (Å²) in [6, 6.07) is 13.0. The molecule has 2 heterocycles. The summed E-state index contributed by atoms with van der Waals surface area (Å²) in [6.45, 7) is 1.57. The van der Waals surface area contributed by atoms with Crippen molar-refractivity contribution in [1.29, 1.82) is 0 Å². The molecule has 0 atom stereocenters. The molecule has 0 bridgehead atoms. The second kappa shape index (κ2) is 8.21. The number of fused-ring (bicyclic) bond motifs is 1. The number of halogens is 1. The van der Waals surface area contributed by atoms with Crippen LogP contribution in [0.3, 0.4) is 0 Å². The molecule has 0 saturated carbocycles. The number of para-hydroxylation sites is 1. The molecule has 4 aromatic rings. The number of aromatic nitrogens is 2. The summed E-state index contributed by atoms with van der Waals surface area (Å²) in [7, 11) is -1.22. The van der Waals surface area contributed by atoms with Crippen molar-refractivity contribution in [3.8, 4) is 11.5 Å². The standard InChI is InChI=1S/C21H18ClN3O6S/c1-12-17(22)20(31-23-12)24-32(27,28)19-15-6-4-5-7-16(15)25(2)18(19)21(26)30-14-10-8-13(29-3)9-11-14/h4-11,24H,1-3H3. The first-order valence-corrected chi connectivity index (χ1v) is 11.2. The van der Waals surface area contributed by atoms with Gasteiger partial charge in [-0.1, -0.05) is 35.0 Å². The lowest BCUT2D eigenvalue weighted by Crippen LogP contribution is -2.20. The van der Waals surface area contributed by atoms with Gasteiger partial charge in [-0.2, -0.15) is 0 Å². The summed E-state index contributed by atoms with van der Waals surface area (Å²) in [5, 5.41) is 4.00. The summed E-state index contributed by atoms with van der Waals surface area (Å²) in [6.07, 6.45) is 0. The molecular formula is C21H18ClN3O6S. The van der Waals surface area contributed by atoms with E-state index in [1.165, 1.54) is 11.7 Å². The molecule has 0 fully saturated rings. The number of aryl methyl sites for hydroxylation is 2. The van der Waals surface area contributed by atoms with Crippen LogP contribution >= 0.6 is 11.6 Å². The average molecular weight is 476 g/mol. The number of anilines is 1. The van der Waals surface area contributed by atoms with E-state index in [9.17, 15) is 13.2 Å². The number of ether oxygens (including phenoxy) is 2. The third-order valence-corrected chi connectivity index (χ3v) is 6.66. The van der Waals surface area contributed by atoms with Gasteiger partial charge in [0.2, 0.25) is 0 Å². The van der Waals surface area contributed by atoms with Crippen LogP contribution in [0.15, 0.2) is 57.9 Å². The minimum atomic E-state index is -4.32. The molecule has 0 aliphatic carbocycles. The molecule has 0 spiro atoms. The zero-order chi connectivity index (χ0) is 23.0. The number of nitrogens with one attached hydrogen (secondary N) is 1. The van der Waals surface area contributed by atoms with Crippen LogP contribution in [-0.4, -0.2) is 31.2 Å². The summed E-state index contributed by atoms with van der Waals surface area (Å²) in [5.41, 5.74) is 0.678. The Balaban J connectivity index is 1.82. The van der Waals surface area contributed by atoms with Crippen LogP contribution in [-0.2, 0) is 17.1 Å². The Morgan fingerprint density at radius 1 is 1.12 bits per heavy atom. The molecular weight excluding hydrogens is 458 g/mol. The van der Waals surface area contributed by atoms with Crippen molar-refractivity contribution >= 4 is 44.4 Å². The number of hydrogen-bond acceptors (Lipinski definition) is 7. The summed E-state index contributed by atoms with van der Waals surface area (Å²) in [5.74, 6) is -0.284. The van der Waals surface area contributed by atoms with Crippen molar-refractivity contribution in [2.24, 2.45) is 7.05 Å². The zero-order valence-electron chi connectivity index (χ0n) is 17.2. The van der Waals surface area contributed by atoms with Gasteiger partial charge in [0.05, 0.1) is 7.11 Å². The van der Waals surface area contributed by atoms with E-state index in [0.717, 1.165) is 0 Å². The summed E-state index contributed by atoms with van der Waals surface area (Å²) < 4.78 is 46.0. The third-order valence-electron chi connectivity index (χ3n) is 4.81. The second-order valence-electron chi connectivity index (χ2n) is 6.84. The number of benzene rings is 2. The van der Waals surface area contributed by atoms with Gasteiger partial charge in [-0.05, 0) is 37.3 Å². The lowest BCUT2D eigenvalue weighted by atomic mass is 10.2. The largest absolute Gasteiger partial charge is 0.497 e. The Morgan fingerprint density at radius 2 is 1.78 bits per heavy atom. The van der Waals surface area contributed by atoms with Crippen LogP contribution in [0.5, 0.6) is 11.5 Å². The maximum atomic E-state index is 13.4. The molecule has 9 nitrogen and oxygen atoms in total. The summed E-state index contributed by atoms with van der Waals surface area (Å²) in [4.78, 5) is 12.9. The molecule has 0 amide bonds. The van der Waals surface area contributed by atoms with Crippen LogP contribution in [0, 0.1) is 6.92 Å². The molecule has 0 aliphatic heterocycles. The predicted octanol–water partition coefficient (Wildman–Crippen LogP) is 4.16. The fourth-order valence-electron chi connectivity index (χ4n) is 3.25. The van der Waals surface area contributed by atoms with Crippen LogP contribution in [0.25, 0.3) is 10.9 Å². The average Bonchev–Trinajstić information content (AvgIpc) is 3.26. The van der Waals surface area contributed by atoms with Crippen molar-refractivity contribution < 1.29 is 27.2 Å². The van der Waals surface area contributed by atoms with Gasteiger partial charge in [-0.25, -0.2) is 17.9 Å². The Labute approximate surface area is 188 Å². The molecule has 0 radical (unpaired) electrons. The Hall–Kier alpha value is -3.50. The summed E-state index contributed by atoms with van der Waals surface area (Å²) >= 11 is 6.07. The molecule has 2 aromatic carbocycles. The molecule has 0 saturated heterocycles. The number of sulfonamides is 1. The van der Waals surface area contributed by atoms with E-state index in [4.69, 9.17) is 25.6 Å². The van der Waals surface area contributed by atoms with Gasteiger partial charge in [0, 0.05) is 18.0 Å². The van der Waals surface area contributed by atoms with Gasteiger partial charge in [0.25, 0.3) is 15.9 Å². The lowest BCUT2D eigenvalue weighted by Gasteiger charge is -2.10. The molecule has 166 valence electrons. The van der Waals surface area contributed by atoms with E-state index < -0.39 is 16.0 Å². The first-order valence-electron chi connectivity index (χ1n) is 9.31. The maximum Gasteiger partial charge on any atom is 0.361 e.